The number of aromatic nitrogens is 2. The fraction of sp³-hybridized carbons (Fsp3) is 0.357. The van der Waals surface area contributed by atoms with E-state index in [1.807, 2.05) is 32.4 Å². The van der Waals surface area contributed by atoms with Crippen molar-refractivity contribution in [3.63, 3.8) is 0 Å². The molecule has 0 fully saturated rings. The van der Waals surface area contributed by atoms with Gasteiger partial charge in [0.2, 0.25) is 0 Å². The highest BCUT2D eigenvalue weighted by Crippen LogP contribution is 2.24. The maximum Gasteiger partial charge on any atom is 0.123 e. The molecule has 1 N–H and O–H groups in total. The van der Waals surface area contributed by atoms with Crippen LogP contribution in [0.5, 0.6) is 0 Å². The summed E-state index contributed by atoms with van der Waals surface area (Å²) in [5.74, 6) is -0.217. The molecule has 0 aliphatic rings. The zero-order valence-electron chi connectivity index (χ0n) is 11.2. The lowest BCUT2D eigenvalue weighted by atomic mass is 10.1. The summed E-state index contributed by atoms with van der Waals surface area (Å²) in [6.45, 7) is 5.99. The molecule has 0 aliphatic carbocycles. The van der Waals surface area contributed by atoms with E-state index in [9.17, 15) is 4.39 Å². The van der Waals surface area contributed by atoms with Gasteiger partial charge in [0.15, 0.2) is 0 Å². The average Bonchev–Trinajstić information content (AvgIpc) is 2.69. The van der Waals surface area contributed by atoms with Crippen LogP contribution in [0, 0.1) is 19.7 Å². The van der Waals surface area contributed by atoms with Crippen LogP contribution in [0.15, 0.2) is 24.5 Å². The zero-order valence-corrected chi connectivity index (χ0v) is 11.2. The highest BCUT2D eigenvalue weighted by Gasteiger charge is 2.13. The Morgan fingerprint density at radius 3 is 2.61 bits per heavy atom. The third-order valence-corrected chi connectivity index (χ3v) is 3.40. The molecule has 4 heteroatoms. The van der Waals surface area contributed by atoms with Gasteiger partial charge in [0.1, 0.15) is 5.82 Å². The molecular weight excluding hydrogens is 229 g/mol. The predicted molar refractivity (Wildman–Crippen MR) is 70.5 cm³/mol. The first-order valence-corrected chi connectivity index (χ1v) is 6.02. The van der Waals surface area contributed by atoms with Crippen LogP contribution in [0.3, 0.4) is 0 Å². The number of nitrogens with zero attached hydrogens (tertiary/aromatic N) is 2. The molecule has 2 rings (SSSR count). The van der Waals surface area contributed by atoms with E-state index in [0.29, 0.717) is 0 Å². The van der Waals surface area contributed by atoms with Crippen molar-refractivity contribution in [1.29, 1.82) is 0 Å². The molecule has 0 saturated heterocycles. The van der Waals surface area contributed by atoms with Gasteiger partial charge in [-0.3, -0.25) is 0 Å². The number of hydrogen-bond acceptors (Lipinski definition) is 2. The van der Waals surface area contributed by atoms with Gasteiger partial charge < -0.3 is 9.88 Å². The maximum absolute atomic E-state index is 13.4. The Kier molecular flexibility index (Phi) is 3.48. The van der Waals surface area contributed by atoms with Gasteiger partial charge in [0.25, 0.3) is 0 Å². The zero-order chi connectivity index (χ0) is 13.3. The number of benzene rings is 1. The summed E-state index contributed by atoms with van der Waals surface area (Å²) in [6.07, 6.45) is 1.78. The number of rotatable bonds is 3. The lowest BCUT2D eigenvalue weighted by molar-refractivity contribution is 0.606. The Morgan fingerprint density at radius 2 is 2.06 bits per heavy atom. The number of halogens is 1. The van der Waals surface area contributed by atoms with Crippen molar-refractivity contribution in [2.75, 3.05) is 7.05 Å². The molecule has 0 amide bonds. The Bertz CT molecular complexity index is 560. The molecule has 0 spiro atoms. The molecule has 0 aliphatic heterocycles. The van der Waals surface area contributed by atoms with Gasteiger partial charge >= 0.3 is 0 Å². The topological polar surface area (TPSA) is 29.9 Å². The average molecular weight is 247 g/mol. The third-order valence-electron chi connectivity index (χ3n) is 3.40. The summed E-state index contributed by atoms with van der Waals surface area (Å²) in [4.78, 5) is 4.29. The summed E-state index contributed by atoms with van der Waals surface area (Å²) in [5.41, 5.74) is 3.96. The minimum atomic E-state index is -0.217. The molecule has 0 saturated carbocycles. The van der Waals surface area contributed by atoms with Crippen molar-refractivity contribution < 1.29 is 4.39 Å². The minimum Gasteiger partial charge on any atom is -0.313 e. The molecule has 1 aromatic heterocycles. The number of aryl methyl sites for hydroxylation is 1. The summed E-state index contributed by atoms with van der Waals surface area (Å²) < 4.78 is 15.4. The van der Waals surface area contributed by atoms with E-state index in [4.69, 9.17) is 0 Å². The highest BCUT2D eigenvalue weighted by atomic mass is 19.1. The van der Waals surface area contributed by atoms with Crippen LogP contribution in [0.1, 0.15) is 29.9 Å². The molecule has 2 aromatic rings. The van der Waals surface area contributed by atoms with Crippen LogP contribution in [-0.4, -0.2) is 16.6 Å². The number of imidazole rings is 1. The summed E-state index contributed by atoms with van der Waals surface area (Å²) in [6, 6.07) is 4.94. The summed E-state index contributed by atoms with van der Waals surface area (Å²) in [5, 5.41) is 3.14. The van der Waals surface area contributed by atoms with E-state index in [1.54, 1.807) is 18.5 Å². The van der Waals surface area contributed by atoms with E-state index in [1.165, 1.54) is 6.07 Å². The molecule has 1 atom stereocenters. The molecule has 3 nitrogen and oxygen atoms in total. The first-order valence-electron chi connectivity index (χ1n) is 6.02. The van der Waals surface area contributed by atoms with Gasteiger partial charge in [-0.15, -0.1) is 0 Å². The SMILES string of the molecule is CNC(C)c1cc(F)ccc1-n1cnc(C)c1C. The van der Waals surface area contributed by atoms with Crippen LogP contribution in [0.25, 0.3) is 5.69 Å². The van der Waals surface area contributed by atoms with E-state index in [-0.39, 0.29) is 11.9 Å². The molecular formula is C14H18FN3. The van der Waals surface area contributed by atoms with Crippen molar-refractivity contribution in [2.24, 2.45) is 0 Å². The summed E-state index contributed by atoms with van der Waals surface area (Å²) >= 11 is 0. The van der Waals surface area contributed by atoms with Crippen LogP contribution >= 0.6 is 0 Å². The molecule has 96 valence electrons. The molecule has 0 bridgehead atoms. The van der Waals surface area contributed by atoms with E-state index in [2.05, 4.69) is 10.3 Å². The van der Waals surface area contributed by atoms with Crippen molar-refractivity contribution >= 4 is 0 Å². The summed E-state index contributed by atoms with van der Waals surface area (Å²) in [7, 11) is 1.87. The number of nitrogens with one attached hydrogen (secondary N) is 1. The fourth-order valence-electron chi connectivity index (χ4n) is 1.99. The van der Waals surface area contributed by atoms with E-state index in [0.717, 1.165) is 22.6 Å². The van der Waals surface area contributed by atoms with Crippen LogP contribution < -0.4 is 5.32 Å². The van der Waals surface area contributed by atoms with Gasteiger partial charge in [-0.05, 0) is 51.6 Å². The standard InChI is InChI=1S/C14H18FN3/c1-9-11(3)18(8-17-9)14-6-5-12(15)7-13(14)10(2)16-4/h5-8,10,16H,1-4H3. The maximum atomic E-state index is 13.4. The van der Waals surface area contributed by atoms with Gasteiger partial charge in [0.05, 0.1) is 17.7 Å². The normalized spacial score (nSPS) is 12.7. The van der Waals surface area contributed by atoms with Crippen molar-refractivity contribution in [3.05, 3.63) is 47.3 Å². The molecule has 18 heavy (non-hydrogen) atoms. The fourth-order valence-corrected chi connectivity index (χ4v) is 1.99. The lowest BCUT2D eigenvalue weighted by Crippen LogP contribution is -2.15. The second-order valence-electron chi connectivity index (χ2n) is 4.50. The van der Waals surface area contributed by atoms with Gasteiger partial charge in [-0.25, -0.2) is 9.37 Å². The Balaban J connectivity index is 2.60. The largest absolute Gasteiger partial charge is 0.313 e. The highest BCUT2D eigenvalue weighted by molar-refractivity contribution is 5.45. The minimum absolute atomic E-state index is 0.0813. The van der Waals surface area contributed by atoms with Gasteiger partial charge in [0, 0.05) is 11.7 Å². The van der Waals surface area contributed by atoms with E-state index >= 15 is 0 Å². The van der Waals surface area contributed by atoms with Crippen molar-refractivity contribution in [3.8, 4) is 5.69 Å². The van der Waals surface area contributed by atoms with Crippen molar-refractivity contribution in [1.82, 2.24) is 14.9 Å². The smallest absolute Gasteiger partial charge is 0.123 e. The lowest BCUT2D eigenvalue weighted by Gasteiger charge is -2.17. The third kappa shape index (κ3) is 2.16. The Labute approximate surface area is 107 Å². The Hall–Kier alpha value is -1.68. The van der Waals surface area contributed by atoms with Gasteiger partial charge in [-0.2, -0.15) is 0 Å². The Morgan fingerprint density at radius 1 is 1.33 bits per heavy atom. The monoisotopic (exact) mass is 247 g/mol. The second-order valence-corrected chi connectivity index (χ2v) is 4.50. The van der Waals surface area contributed by atoms with E-state index < -0.39 is 0 Å². The molecule has 1 unspecified atom stereocenters. The molecule has 1 aromatic carbocycles. The van der Waals surface area contributed by atoms with Gasteiger partial charge in [-0.1, -0.05) is 0 Å². The molecule has 0 radical (unpaired) electrons. The van der Waals surface area contributed by atoms with Crippen LogP contribution in [0.4, 0.5) is 4.39 Å². The predicted octanol–water partition coefficient (Wildman–Crippen LogP) is 2.91. The first kappa shape index (κ1) is 12.8. The van der Waals surface area contributed by atoms with Crippen LogP contribution in [0.2, 0.25) is 0 Å². The van der Waals surface area contributed by atoms with Crippen LogP contribution in [-0.2, 0) is 0 Å². The second kappa shape index (κ2) is 4.90. The quantitative estimate of drug-likeness (QED) is 0.903. The first-order chi connectivity index (χ1) is 8.54. The number of hydrogen-bond donors (Lipinski definition) is 1. The molecule has 1 heterocycles. The van der Waals surface area contributed by atoms with Crippen molar-refractivity contribution in [2.45, 2.75) is 26.8 Å².